The van der Waals surface area contributed by atoms with Crippen LogP contribution in [-0.2, 0) is 0 Å². The summed E-state index contributed by atoms with van der Waals surface area (Å²) in [6, 6.07) is 2.07. The van der Waals surface area contributed by atoms with Crippen LogP contribution < -0.4 is 17.2 Å². The third kappa shape index (κ3) is 3.23. The summed E-state index contributed by atoms with van der Waals surface area (Å²) in [6.07, 6.45) is 0. The Morgan fingerprint density at radius 1 is 1.31 bits per heavy atom. The first kappa shape index (κ1) is 12.5. The van der Waals surface area contributed by atoms with Gasteiger partial charge < -0.3 is 17.2 Å². The van der Waals surface area contributed by atoms with Gasteiger partial charge in [-0.25, -0.2) is 4.99 Å². The maximum atomic E-state index is 5.58. The van der Waals surface area contributed by atoms with E-state index in [0.29, 0.717) is 0 Å². The topological polar surface area (TPSA) is 103 Å². The van der Waals surface area contributed by atoms with E-state index in [1.54, 1.807) is 11.3 Å². The van der Waals surface area contributed by atoms with Crippen molar-refractivity contribution in [2.45, 2.75) is 26.8 Å². The number of nitrogens with zero attached hydrogens (tertiary/aromatic N) is 2. The summed E-state index contributed by atoms with van der Waals surface area (Å²) < 4.78 is 0. The van der Waals surface area contributed by atoms with E-state index < -0.39 is 0 Å². The number of nitrogens with two attached hydrogens (primary N) is 3. The van der Waals surface area contributed by atoms with Crippen molar-refractivity contribution in [3.05, 3.63) is 21.4 Å². The van der Waals surface area contributed by atoms with Crippen molar-refractivity contribution in [1.82, 2.24) is 0 Å². The largest absolute Gasteiger partial charge is 0.370 e. The van der Waals surface area contributed by atoms with Crippen LogP contribution in [0.2, 0.25) is 0 Å². The predicted molar refractivity (Wildman–Crippen MR) is 69.6 cm³/mol. The van der Waals surface area contributed by atoms with Gasteiger partial charge in [-0.15, -0.1) is 11.3 Å². The van der Waals surface area contributed by atoms with Gasteiger partial charge in [-0.05, 0) is 32.4 Å². The van der Waals surface area contributed by atoms with Gasteiger partial charge in [0.25, 0.3) is 0 Å². The molecule has 1 atom stereocenters. The number of guanidine groups is 2. The number of hydrogen-bond donors (Lipinski definition) is 3. The molecule has 0 aliphatic heterocycles. The second-order valence-corrected chi connectivity index (χ2v) is 5.03. The summed E-state index contributed by atoms with van der Waals surface area (Å²) in [6.45, 7) is 6.09. The zero-order chi connectivity index (χ0) is 12.3. The minimum atomic E-state index is -0.0772. The fourth-order valence-corrected chi connectivity index (χ4v) is 2.51. The van der Waals surface area contributed by atoms with Crippen LogP contribution in [-0.4, -0.2) is 11.9 Å². The second kappa shape index (κ2) is 4.98. The maximum Gasteiger partial charge on any atom is 0.219 e. The molecule has 0 amide bonds. The lowest BCUT2D eigenvalue weighted by Crippen LogP contribution is -2.26. The van der Waals surface area contributed by atoms with Gasteiger partial charge in [0.1, 0.15) is 0 Å². The summed E-state index contributed by atoms with van der Waals surface area (Å²) in [5, 5.41) is 0. The third-order valence-electron chi connectivity index (χ3n) is 2.10. The Balaban J connectivity index is 2.91. The molecule has 5 nitrogen and oxygen atoms in total. The minimum absolute atomic E-state index is 0.0342. The predicted octanol–water partition coefficient (Wildman–Crippen LogP) is 1.01. The lowest BCUT2D eigenvalue weighted by atomic mass is 10.1. The van der Waals surface area contributed by atoms with Crippen molar-refractivity contribution in [2.24, 2.45) is 27.2 Å². The molecule has 1 aromatic heterocycles. The van der Waals surface area contributed by atoms with Gasteiger partial charge in [-0.1, -0.05) is 0 Å². The van der Waals surface area contributed by atoms with Gasteiger partial charge in [0.15, 0.2) is 5.96 Å². The van der Waals surface area contributed by atoms with E-state index in [1.807, 2.05) is 6.92 Å². The van der Waals surface area contributed by atoms with Crippen LogP contribution in [0.15, 0.2) is 16.1 Å². The van der Waals surface area contributed by atoms with Crippen molar-refractivity contribution in [2.75, 3.05) is 0 Å². The Bertz CT molecular complexity index is 428. The van der Waals surface area contributed by atoms with Gasteiger partial charge in [-0.3, -0.25) is 0 Å². The Hall–Kier alpha value is -1.56. The first-order chi connectivity index (χ1) is 7.40. The number of thiophene rings is 1. The smallest absolute Gasteiger partial charge is 0.219 e. The molecule has 0 aromatic carbocycles. The Kier molecular flexibility index (Phi) is 3.89. The molecule has 1 unspecified atom stereocenters. The Morgan fingerprint density at radius 2 is 1.94 bits per heavy atom. The molecule has 88 valence electrons. The highest BCUT2D eigenvalue weighted by Crippen LogP contribution is 2.28. The molecule has 16 heavy (non-hydrogen) atoms. The molecule has 0 bridgehead atoms. The van der Waals surface area contributed by atoms with Crippen LogP contribution >= 0.6 is 11.3 Å². The van der Waals surface area contributed by atoms with Crippen LogP contribution in [0.3, 0.4) is 0 Å². The van der Waals surface area contributed by atoms with Crippen LogP contribution in [0.4, 0.5) is 0 Å². The lowest BCUT2D eigenvalue weighted by molar-refractivity contribution is 0.813. The fourth-order valence-electron chi connectivity index (χ4n) is 1.49. The number of hydrogen-bond acceptors (Lipinski definition) is 2. The second-order valence-electron chi connectivity index (χ2n) is 3.57. The van der Waals surface area contributed by atoms with Gasteiger partial charge in [0.05, 0.1) is 6.04 Å². The van der Waals surface area contributed by atoms with Crippen LogP contribution in [0.1, 0.15) is 28.3 Å². The molecule has 0 spiro atoms. The average molecular weight is 239 g/mol. The molecular weight excluding hydrogens is 222 g/mol. The molecule has 6 N–H and O–H groups in total. The highest BCUT2D eigenvalue weighted by atomic mass is 32.1. The summed E-state index contributed by atoms with van der Waals surface area (Å²) in [4.78, 5) is 10.4. The number of rotatable bonds is 2. The summed E-state index contributed by atoms with van der Waals surface area (Å²) in [5.41, 5.74) is 17.2. The monoisotopic (exact) mass is 239 g/mol. The third-order valence-corrected chi connectivity index (χ3v) is 3.08. The van der Waals surface area contributed by atoms with E-state index in [0.717, 1.165) is 5.56 Å². The average Bonchev–Trinajstić information content (AvgIpc) is 2.43. The van der Waals surface area contributed by atoms with Gasteiger partial charge in [-0.2, -0.15) is 4.99 Å². The van der Waals surface area contributed by atoms with Gasteiger partial charge >= 0.3 is 0 Å². The van der Waals surface area contributed by atoms with E-state index in [1.165, 1.54) is 9.75 Å². The van der Waals surface area contributed by atoms with Crippen molar-refractivity contribution < 1.29 is 0 Å². The highest BCUT2D eigenvalue weighted by Gasteiger charge is 2.10. The summed E-state index contributed by atoms with van der Waals surface area (Å²) in [5.74, 6) is 0.0300. The van der Waals surface area contributed by atoms with E-state index in [2.05, 4.69) is 29.9 Å². The first-order valence-electron chi connectivity index (χ1n) is 4.90. The normalized spacial score (nSPS) is 13.6. The highest BCUT2D eigenvalue weighted by molar-refractivity contribution is 7.12. The number of aliphatic imine (C=N–C) groups is 2. The molecule has 1 rings (SSSR count). The zero-order valence-corrected chi connectivity index (χ0v) is 10.5. The molecule has 0 radical (unpaired) electrons. The first-order valence-corrected chi connectivity index (χ1v) is 5.71. The van der Waals surface area contributed by atoms with Crippen molar-refractivity contribution in [1.29, 1.82) is 0 Å². The maximum absolute atomic E-state index is 5.58. The van der Waals surface area contributed by atoms with Crippen LogP contribution in [0.25, 0.3) is 0 Å². The molecule has 0 aliphatic rings. The zero-order valence-electron chi connectivity index (χ0n) is 9.69. The van der Waals surface area contributed by atoms with Crippen molar-refractivity contribution in [3.63, 3.8) is 0 Å². The molecule has 0 saturated heterocycles. The molecule has 0 fully saturated rings. The van der Waals surface area contributed by atoms with Crippen LogP contribution in [0, 0.1) is 13.8 Å². The van der Waals surface area contributed by atoms with E-state index >= 15 is 0 Å². The van der Waals surface area contributed by atoms with E-state index in [-0.39, 0.29) is 18.0 Å². The fraction of sp³-hybridized carbons (Fsp3) is 0.400. The summed E-state index contributed by atoms with van der Waals surface area (Å²) in [7, 11) is 0. The quantitative estimate of drug-likeness (QED) is 0.530. The minimum Gasteiger partial charge on any atom is -0.370 e. The molecule has 0 saturated carbocycles. The molecular formula is C10H17N5S. The molecule has 1 heterocycles. The standard InChI is InChI=1S/C10H17N5S/c1-5-4-8(7(3)16-5)6(2)14-10(13)15-9(11)12/h4,6H,1-3H3,(H6,11,12,13,14,15). The van der Waals surface area contributed by atoms with E-state index in [9.17, 15) is 0 Å². The van der Waals surface area contributed by atoms with Gasteiger partial charge in [0, 0.05) is 9.75 Å². The van der Waals surface area contributed by atoms with Crippen LogP contribution in [0.5, 0.6) is 0 Å². The lowest BCUT2D eigenvalue weighted by Gasteiger charge is -2.05. The number of aryl methyl sites for hydroxylation is 2. The van der Waals surface area contributed by atoms with Gasteiger partial charge in [0.2, 0.25) is 5.96 Å². The van der Waals surface area contributed by atoms with E-state index in [4.69, 9.17) is 17.2 Å². The molecule has 0 aliphatic carbocycles. The Morgan fingerprint density at radius 3 is 2.38 bits per heavy atom. The SMILES string of the molecule is Cc1cc(C(C)N=C(N)N=C(N)N)c(C)s1. The Labute approximate surface area is 99.1 Å². The molecule has 1 aromatic rings. The molecule has 6 heteroatoms. The summed E-state index contributed by atoms with van der Waals surface area (Å²) >= 11 is 1.74. The van der Waals surface area contributed by atoms with Crippen molar-refractivity contribution >= 4 is 23.3 Å². The van der Waals surface area contributed by atoms with Crippen molar-refractivity contribution in [3.8, 4) is 0 Å².